The van der Waals surface area contributed by atoms with Gasteiger partial charge in [0, 0.05) is 11.0 Å². The van der Waals surface area contributed by atoms with Crippen LogP contribution < -0.4 is 0 Å². The van der Waals surface area contributed by atoms with Crippen molar-refractivity contribution in [3.63, 3.8) is 0 Å². The third-order valence-corrected chi connectivity index (χ3v) is 8.59. The van der Waals surface area contributed by atoms with Gasteiger partial charge < -0.3 is 23.8 Å². The third kappa shape index (κ3) is 12.1. The van der Waals surface area contributed by atoms with Crippen molar-refractivity contribution in [3.8, 4) is 0 Å². The van der Waals surface area contributed by atoms with E-state index < -0.39 is 28.7 Å². The number of ether oxygens (including phenoxy) is 3. The summed E-state index contributed by atoms with van der Waals surface area (Å²) in [5.41, 5.74) is -0.584. The number of aliphatic hydroxyl groups is 1. The fraction of sp³-hybridized carbons (Fsp3) is 0.765. The van der Waals surface area contributed by atoms with Crippen LogP contribution in [0.2, 0.25) is 0 Å². The molecule has 5 unspecified atom stereocenters. The van der Waals surface area contributed by atoms with Gasteiger partial charge in [-0.15, -0.1) is 0 Å². The summed E-state index contributed by atoms with van der Waals surface area (Å²) in [4.78, 5) is 26.0. The fourth-order valence-electron chi connectivity index (χ4n) is 4.64. The summed E-state index contributed by atoms with van der Waals surface area (Å²) < 4.78 is 18.8. The van der Waals surface area contributed by atoms with Crippen molar-refractivity contribution in [2.75, 3.05) is 34.4 Å². The molecular formula is C34H60NO6+. The third-order valence-electron chi connectivity index (χ3n) is 8.59. The molecule has 0 radical (unpaired) electrons. The number of carbonyl (C=O) groups excluding carboxylic acids is 2. The molecule has 1 aromatic rings. The number of hydrogen-bond acceptors (Lipinski definition) is 6. The van der Waals surface area contributed by atoms with E-state index in [4.69, 9.17) is 14.2 Å². The molecule has 7 nitrogen and oxygen atoms in total. The largest absolute Gasteiger partial charge is 0.460 e. The highest BCUT2D eigenvalue weighted by Crippen LogP contribution is 2.36. The summed E-state index contributed by atoms with van der Waals surface area (Å²) in [6.07, 6.45) is 3.90. The van der Waals surface area contributed by atoms with Gasteiger partial charge in [-0.2, -0.15) is 0 Å². The first-order valence-corrected chi connectivity index (χ1v) is 15.4. The molecule has 0 bridgehead atoms. The van der Waals surface area contributed by atoms with Gasteiger partial charge in [0.15, 0.2) is 12.1 Å². The summed E-state index contributed by atoms with van der Waals surface area (Å²) in [7, 11) is 6.43. The first kappa shape index (κ1) is 37.2. The number of benzene rings is 1. The van der Waals surface area contributed by atoms with Crippen LogP contribution in [0.25, 0.3) is 0 Å². The van der Waals surface area contributed by atoms with Gasteiger partial charge in [-0.1, -0.05) is 78.1 Å². The first-order valence-electron chi connectivity index (χ1n) is 15.4. The molecule has 0 aliphatic rings. The minimum atomic E-state index is -1.22. The molecule has 0 aliphatic heterocycles. The molecule has 1 N–H and O–H groups in total. The molecule has 236 valence electrons. The molecule has 1 aromatic carbocycles. The van der Waals surface area contributed by atoms with Gasteiger partial charge in [-0.3, -0.25) is 9.59 Å². The van der Waals surface area contributed by atoms with E-state index in [1.807, 2.05) is 26.0 Å². The summed E-state index contributed by atoms with van der Waals surface area (Å²) in [6, 6.07) is 8.07. The zero-order valence-corrected chi connectivity index (χ0v) is 28.0. The second-order valence-electron chi connectivity index (χ2n) is 14.0. The zero-order chi connectivity index (χ0) is 31.5. The lowest BCUT2D eigenvalue weighted by Gasteiger charge is -2.37. The normalized spacial score (nSPS) is 18.0. The Morgan fingerprint density at radius 2 is 1.54 bits per heavy atom. The molecule has 0 spiro atoms. The van der Waals surface area contributed by atoms with Crippen LogP contribution in [0, 0.1) is 16.7 Å². The van der Waals surface area contributed by atoms with Gasteiger partial charge in [0.2, 0.25) is 0 Å². The van der Waals surface area contributed by atoms with Crippen molar-refractivity contribution in [1.29, 1.82) is 0 Å². The van der Waals surface area contributed by atoms with Crippen molar-refractivity contribution >= 4 is 11.8 Å². The first-order chi connectivity index (χ1) is 18.9. The molecule has 41 heavy (non-hydrogen) atoms. The Bertz CT molecular complexity index is 942. The van der Waals surface area contributed by atoms with Crippen LogP contribution in [0.3, 0.4) is 0 Å². The highest BCUT2D eigenvalue weighted by Gasteiger charge is 2.42. The molecule has 0 fully saturated rings. The lowest BCUT2D eigenvalue weighted by atomic mass is 9.79. The smallest absolute Gasteiger partial charge is 0.316 e. The quantitative estimate of drug-likeness (QED) is 0.106. The van der Waals surface area contributed by atoms with Crippen molar-refractivity contribution in [3.05, 3.63) is 35.4 Å². The Morgan fingerprint density at radius 1 is 0.951 bits per heavy atom. The van der Waals surface area contributed by atoms with E-state index >= 15 is 0 Å². The number of nitrogens with zero attached hydrogens (tertiary/aromatic N) is 1. The number of aliphatic hydroxyl groups excluding tert-OH is 1. The van der Waals surface area contributed by atoms with Gasteiger partial charge in [-0.05, 0) is 51.5 Å². The van der Waals surface area contributed by atoms with Crippen LogP contribution >= 0.6 is 0 Å². The van der Waals surface area contributed by atoms with Crippen LogP contribution in [0.4, 0.5) is 0 Å². The van der Waals surface area contributed by atoms with Crippen molar-refractivity contribution in [2.24, 2.45) is 16.7 Å². The maximum Gasteiger partial charge on any atom is 0.316 e. The highest BCUT2D eigenvalue weighted by molar-refractivity contribution is 5.84. The maximum atomic E-state index is 13.6. The lowest BCUT2D eigenvalue weighted by molar-refractivity contribution is -0.884. The monoisotopic (exact) mass is 578 g/mol. The number of hydrogen-bond donors (Lipinski definition) is 1. The Kier molecular flexibility index (Phi) is 14.7. The van der Waals surface area contributed by atoms with Gasteiger partial charge in [0.25, 0.3) is 0 Å². The van der Waals surface area contributed by atoms with Gasteiger partial charge in [0.05, 0.1) is 34.4 Å². The minimum absolute atomic E-state index is 0.0627. The molecule has 0 saturated heterocycles. The molecule has 1 rings (SSSR count). The lowest BCUT2D eigenvalue weighted by Crippen LogP contribution is -2.46. The molecule has 0 heterocycles. The van der Waals surface area contributed by atoms with E-state index in [2.05, 4.69) is 54.0 Å². The average Bonchev–Trinajstić information content (AvgIpc) is 2.91. The van der Waals surface area contributed by atoms with Crippen LogP contribution in [-0.2, 0) is 37.0 Å². The SMILES string of the molecule is CCCC(C)(OCC(C)(COC(O)C(C)(CC)CCC(C)CC)C(=O)OCc1ccc(C[N+](C)(C)C)cc1)C(C)=O. The van der Waals surface area contributed by atoms with E-state index in [0.717, 1.165) is 48.7 Å². The topological polar surface area (TPSA) is 82.1 Å². The van der Waals surface area contributed by atoms with Crippen molar-refractivity contribution < 1.29 is 33.4 Å². The number of Topliss-reactive ketones (excluding diaryl/α,β-unsaturated/α-hetero) is 1. The van der Waals surface area contributed by atoms with E-state index in [1.165, 1.54) is 12.5 Å². The second kappa shape index (κ2) is 16.2. The number of quaternary nitrogens is 1. The molecule has 0 aliphatic carbocycles. The van der Waals surface area contributed by atoms with Crippen molar-refractivity contribution in [2.45, 2.75) is 119 Å². The summed E-state index contributed by atoms with van der Waals surface area (Å²) in [5, 5.41) is 11.1. The number of esters is 1. The zero-order valence-electron chi connectivity index (χ0n) is 28.0. The maximum absolute atomic E-state index is 13.6. The summed E-state index contributed by atoms with van der Waals surface area (Å²) in [6.45, 7) is 16.3. The van der Waals surface area contributed by atoms with Crippen LogP contribution in [0.15, 0.2) is 24.3 Å². The molecule has 0 amide bonds. The van der Waals surface area contributed by atoms with E-state index in [9.17, 15) is 14.7 Å². The Morgan fingerprint density at radius 3 is 2.02 bits per heavy atom. The molecule has 0 aromatic heterocycles. The Labute approximate surface area is 250 Å². The van der Waals surface area contributed by atoms with Crippen LogP contribution in [-0.4, -0.2) is 67.6 Å². The van der Waals surface area contributed by atoms with Gasteiger partial charge in [0.1, 0.15) is 24.2 Å². The average molecular weight is 579 g/mol. The predicted molar refractivity (Wildman–Crippen MR) is 165 cm³/mol. The van der Waals surface area contributed by atoms with E-state index in [-0.39, 0.29) is 25.6 Å². The molecule has 0 saturated carbocycles. The number of ketones is 1. The summed E-state index contributed by atoms with van der Waals surface area (Å²) >= 11 is 0. The molecule has 5 atom stereocenters. The highest BCUT2D eigenvalue weighted by atomic mass is 16.6. The van der Waals surface area contributed by atoms with Crippen molar-refractivity contribution in [1.82, 2.24) is 0 Å². The minimum Gasteiger partial charge on any atom is -0.460 e. The number of rotatable bonds is 20. The van der Waals surface area contributed by atoms with Crippen LogP contribution in [0.5, 0.6) is 0 Å². The second-order valence-corrected chi connectivity index (χ2v) is 14.0. The van der Waals surface area contributed by atoms with E-state index in [0.29, 0.717) is 12.3 Å². The van der Waals surface area contributed by atoms with Gasteiger partial charge in [-0.25, -0.2) is 0 Å². The summed E-state index contributed by atoms with van der Waals surface area (Å²) in [5.74, 6) is -0.0138. The van der Waals surface area contributed by atoms with E-state index in [1.54, 1.807) is 13.8 Å². The molecule has 7 heteroatoms. The standard InChI is InChI=1S/C34H60NO6/c1-12-20-34(8,27(5)36)41-25-33(7,24-40-30(37)32(6,14-3)21-19-26(4)13-2)31(38)39-23-29-17-15-28(16-18-29)22-35(9,10)11/h15-18,26,30,37H,12-14,19-25H2,1-11H3/q+1. The Balaban J connectivity index is 3.08. The molecular weight excluding hydrogens is 518 g/mol. The predicted octanol–water partition coefficient (Wildman–Crippen LogP) is 6.68. The van der Waals surface area contributed by atoms with Crippen LogP contribution in [0.1, 0.15) is 105 Å². The Hall–Kier alpha value is -1.80. The number of carbonyl (C=O) groups is 2. The van der Waals surface area contributed by atoms with Gasteiger partial charge >= 0.3 is 5.97 Å². The fourth-order valence-corrected chi connectivity index (χ4v) is 4.64.